The van der Waals surface area contributed by atoms with E-state index in [0.717, 1.165) is 16.9 Å². The lowest BCUT2D eigenvalue weighted by Crippen LogP contribution is -2.31. The van der Waals surface area contributed by atoms with Crippen molar-refractivity contribution in [3.63, 3.8) is 0 Å². The number of non-ortho nitro benzene ring substituents is 1. The predicted octanol–water partition coefficient (Wildman–Crippen LogP) is 4.18. The summed E-state index contributed by atoms with van der Waals surface area (Å²) in [5.41, 5.74) is 3.93. The molecule has 0 aromatic heterocycles. The van der Waals surface area contributed by atoms with Gasteiger partial charge in [-0.2, -0.15) is 0 Å². The molecule has 0 fully saturated rings. The molecule has 0 saturated carbocycles. The summed E-state index contributed by atoms with van der Waals surface area (Å²) in [4.78, 5) is 25.2. The minimum atomic E-state index is -0.404. The van der Waals surface area contributed by atoms with Gasteiger partial charge in [-0.3, -0.25) is 14.9 Å². The second-order valence-electron chi connectivity index (χ2n) is 6.44. The minimum absolute atomic E-state index is 0.000340. The number of nitro groups is 1. The van der Waals surface area contributed by atoms with Gasteiger partial charge in [-0.1, -0.05) is 52.3 Å². The van der Waals surface area contributed by atoms with Gasteiger partial charge in [0.25, 0.3) is 5.69 Å². The van der Waals surface area contributed by atoms with Crippen molar-refractivity contribution in [2.75, 3.05) is 16.8 Å². The highest BCUT2D eigenvalue weighted by Crippen LogP contribution is 2.37. The van der Waals surface area contributed by atoms with Crippen LogP contribution in [0.2, 0.25) is 0 Å². The minimum Gasteiger partial charge on any atom is -0.361 e. The fraction of sp³-hybridized carbons (Fsp3) is 0.150. The summed E-state index contributed by atoms with van der Waals surface area (Å²) in [5.74, 6) is 0.000340. The SMILES string of the molecule is O=C1C2=C(C=CC1Br)Nc1ccc([N+](=O)[O-])cc1N(Cc1ccccc1)C2. The van der Waals surface area contributed by atoms with E-state index < -0.39 is 4.92 Å². The number of nitrogens with zero attached hydrogens (tertiary/aromatic N) is 2. The van der Waals surface area contributed by atoms with Crippen LogP contribution in [0.4, 0.5) is 17.1 Å². The summed E-state index contributed by atoms with van der Waals surface area (Å²) < 4.78 is 0. The first-order valence-electron chi connectivity index (χ1n) is 8.47. The van der Waals surface area contributed by atoms with Gasteiger partial charge in [0.05, 0.1) is 21.1 Å². The second-order valence-corrected chi connectivity index (χ2v) is 7.43. The van der Waals surface area contributed by atoms with Crippen LogP contribution in [-0.4, -0.2) is 22.1 Å². The highest BCUT2D eigenvalue weighted by molar-refractivity contribution is 9.10. The molecule has 0 bridgehead atoms. The number of Topliss-reactive ketones (excluding diaryl/α,β-unsaturated/α-hetero) is 1. The van der Waals surface area contributed by atoms with Gasteiger partial charge in [-0.25, -0.2) is 0 Å². The standard InChI is InChI=1S/C20H16BrN3O3/c21-16-7-9-17-15(20(16)25)12-23(11-13-4-2-1-3-5-13)19-10-14(24(26)27)6-8-18(19)22-17/h1-10,16,22H,11-12H2. The molecule has 1 heterocycles. The van der Waals surface area contributed by atoms with E-state index in [1.165, 1.54) is 6.07 Å². The number of fused-ring (bicyclic) bond motifs is 1. The first-order chi connectivity index (χ1) is 13.0. The van der Waals surface area contributed by atoms with Crippen LogP contribution in [0.15, 0.2) is 72.0 Å². The first-order valence-corrected chi connectivity index (χ1v) is 9.38. The molecule has 6 nitrogen and oxygen atoms in total. The van der Waals surface area contributed by atoms with E-state index in [1.807, 2.05) is 41.3 Å². The van der Waals surface area contributed by atoms with Crippen molar-refractivity contribution in [2.24, 2.45) is 0 Å². The van der Waals surface area contributed by atoms with Gasteiger partial charge in [0.2, 0.25) is 0 Å². The fourth-order valence-electron chi connectivity index (χ4n) is 3.31. The second kappa shape index (κ2) is 7.00. The molecule has 4 rings (SSSR count). The van der Waals surface area contributed by atoms with Crippen LogP contribution < -0.4 is 10.2 Å². The third-order valence-electron chi connectivity index (χ3n) is 4.67. The van der Waals surface area contributed by atoms with Crippen LogP contribution in [0.5, 0.6) is 0 Å². The Morgan fingerprint density at radius 1 is 1.22 bits per heavy atom. The van der Waals surface area contributed by atoms with Crippen molar-refractivity contribution in [1.29, 1.82) is 0 Å². The van der Waals surface area contributed by atoms with Crippen molar-refractivity contribution in [2.45, 2.75) is 11.4 Å². The quantitative estimate of drug-likeness (QED) is 0.453. The lowest BCUT2D eigenvalue weighted by molar-refractivity contribution is -0.384. The average molecular weight is 426 g/mol. The number of hydrogen-bond acceptors (Lipinski definition) is 5. The zero-order valence-electron chi connectivity index (χ0n) is 14.3. The van der Waals surface area contributed by atoms with Gasteiger partial charge >= 0.3 is 0 Å². The Balaban J connectivity index is 1.80. The fourth-order valence-corrected chi connectivity index (χ4v) is 3.74. The van der Waals surface area contributed by atoms with Crippen molar-refractivity contribution < 1.29 is 9.72 Å². The van der Waals surface area contributed by atoms with Crippen LogP contribution in [0.25, 0.3) is 0 Å². The molecule has 136 valence electrons. The number of anilines is 2. The monoisotopic (exact) mass is 425 g/mol. The maximum atomic E-state index is 12.7. The molecular weight excluding hydrogens is 410 g/mol. The Bertz CT molecular complexity index is 985. The maximum absolute atomic E-state index is 12.7. The molecule has 2 aromatic rings. The molecular formula is C20H16BrN3O3. The molecule has 2 aromatic carbocycles. The molecule has 1 aliphatic carbocycles. The van der Waals surface area contributed by atoms with E-state index in [0.29, 0.717) is 24.4 Å². The van der Waals surface area contributed by atoms with E-state index >= 15 is 0 Å². The number of nitro benzene ring substituents is 1. The van der Waals surface area contributed by atoms with E-state index in [1.54, 1.807) is 18.2 Å². The van der Waals surface area contributed by atoms with E-state index in [4.69, 9.17) is 0 Å². The predicted molar refractivity (Wildman–Crippen MR) is 108 cm³/mol. The van der Waals surface area contributed by atoms with Crippen molar-refractivity contribution in [3.8, 4) is 0 Å². The molecule has 0 radical (unpaired) electrons. The summed E-state index contributed by atoms with van der Waals surface area (Å²) in [6, 6.07) is 14.6. The summed E-state index contributed by atoms with van der Waals surface area (Å²) in [5, 5.41) is 14.5. The molecule has 2 aliphatic rings. The van der Waals surface area contributed by atoms with Gasteiger partial charge in [0, 0.05) is 36.5 Å². The molecule has 1 aliphatic heterocycles. The van der Waals surface area contributed by atoms with Crippen molar-refractivity contribution >= 4 is 38.8 Å². The molecule has 27 heavy (non-hydrogen) atoms. The van der Waals surface area contributed by atoms with Crippen LogP contribution in [0.1, 0.15) is 5.56 Å². The summed E-state index contributed by atoms with van der Waals surface area (Å²) in [6.07, 6.45) is 3.68. The number of nitrogens with one attached hydrogen (secondary N) is 1. The zero-order chi connectivity index (χ0) is 19.0. The first kappa shape index (κ1) is 17.5. The number of rotatable bonds is 3. The number of alkyl halides is 1. The number of benzene rings is 2. The highest BCUT2D eigenvalue weighted by atomic mass is 79.9. The zero-order valence-corrected chi connectivity index (χ0v) is 15.8. The summed E-state index contributed by atoms with van der Waals surface area (Å²) >= 11 is 3.39. The normalized spacial score (nSPS) is 18.5. The molecule has 1 unspecified atom stereocenters. The van der Waals surface area contributed by atoms with Crippen LogP contribution in [0.3, 0.4) is 0 Å². The number of hydrogen-bond donors (Lipinski definition) is 1. The van der Waals surface area contributed by atoms with Crippen LogP contribution >= 0.6 is 15.9 Å². The van der Waals surface area contributed by atoms with Gasteiger partial charge in [-0.05, 0) is 17.7 Å². The van der Waals surface area contributed by atoms with Gasteiger partial charge in [0.1, 0.15) is 0 Å². The van der Waals surface area contributed by atoms with Gasteiger partial charge < -0.3 is 10.2 Å². The molecule has 7 heteroatoms. The Labute approximate surface area is 164 Å². The van der Waals surface area contributed by atoms with E-state index in [-0.39, 0.29) is 16.3 Å². The Morgan fingerprint density at radius 3 is 2.74 bits per heavy atom. The summed E-state index contributed by atoms with van der Waals surface area (Å²) in [7, 11) is 0. The largest absolute Gasteiger partial charge is 0.361 e. The van der Waals surface area contributed by atoms with Crippen molar-refractivity contribution in [3.05, 3.63) is 87.6 Å². The van der Waals surface area contributed by atoms with Crippen molar-refractivity contribution in [1.82, 2.24) is 0 Å². The third kappa shape index (κ3) is 3.38. The van der Waals surface area contributed by atoms with Gasteiger partial charge in [0.15, 0.2) is 5.78 Å². The van der Waals surface area contributed by atoms with Crippen LogP contribution in [0, 0.1) is 10.1 Å². The van der Waals surface area contributed by atoms with Gasteiger partial charge in [-0.15, -0.1) is 0 Å². The third-order valence-corrected chi connectivity index (χ3v) is 5.39. The number of allylic oxidation sites excluding steroid dienone is 2. The Hall–Kier alpha value is -2.93. The molecule has 1 N–H and O–H groups in total. The number of halogens is 1. The van der Waals surface area contributed by atoms with E-state index in [9.17, 15) is 14.9 Å². The number of carbonyl (C=O) groups is 1. The number of ketones is 1. The lowest BCUT2D eigenvalue weighted by Gasteiger charge is -2.26. The summed E-state index contributed by atoms with van der Waals surface area (Å²) in [6.45, 7) is 0.911. The molecule has 1 atom stereocenters. The molecule has 0 spiro atoms. The molecule has 0 amide bonds. The Kier molecular flexibility index (Phi) is 4.53. The molecule has 0 saturated heterocycles. The van der Waals surface area contributed by atoms with E-state index in [2.05, 4.69) is 21.2 Å². The van der Waals surface area contributed by atoms with Crippen LogP contribution in [-0.2, 0) is 11.3 Å². The average Bonchev–Trinajstić information content (AvgIpc) is 2.82. The Morgan fingerprint density at radius 2 is 2.00 bits per heavy atom. The maximum Gasteiger partial charge on any atom is 0.271 e. The number of carbonyl (C=O) groups excluding carboxylic acids is 1. The topological polar surface area (TPSA) is 75.5 Å². The smallest absolute Gasteiger partial charge is 0.271 e. The lowest BCUT2D eigenvalue weighted by atomic mass is 10.00. The highest BCUT2D eigenvalue weighted by Gasteiger charge is 2.30.